The smallest absolute Gasteiger partial charge is 0.406 e. The van der Waals surface area contributed by atoms with E-state index in [4.69, 9.17) is 0 Å². The molecule has 6 nitrogen and oxygen atoms in total. The number of hydrogen-bond acceptors (Lipinski definition) is 5. The lowest BCUT2D eigenvalue weighted by Gasteiger charge is -2.32. The fourth-order valence-corrected chi connectivity index (χ4v) is 5.31. The number of piperidine rings is 2. The number of alkyl halides is 3. The third kappa shape index (κ3) is 7.29. The van der Waals surface area contributed by atoms with E-state index in [-0.39, 0.29) is 23.1 Å². The molecule has 2 aliphatic heterocycles. The summed E-state index contributed by atoms with van der Waals surface area (Å²) in [6.07, 6.45) is 2.46. The predicted molar refractivity (Wildman–Crippen MR) is 145 cm³/mol. The van der Waals surface area contributed by atoms with Gasteiger partial charge in [-0.3, -0.25) is 9.69 Å². The van der Waals surface area contributed by atoms with Gasteiger partial charge in [0.15, 0.2) is 0 Å². The fraction of sp³-hybridized carbons (Fsp3) is 0.400. The first kappa shape index (κ1) is 27.9. The average molecular weight is 557 g/mol. The molecule has 5 rings (SSSR count). The van der Waals surface area contributed by atoms with Gasteiger partial charge in [0.2, 0.25) is 0 Å². The summed E-state index contributed by atoms with van der Waals surface area (Å²) < 4.78 is 55.7. The van der Waals surface area contributed by atoms with Crippen molar-refractivity contribution >= 4 is 11.7 Å². The minimum atomic E-state index is -4.81. The van der Waals surface area contributed by atoms with Gasteiger partial charge in [-0.1, -0.05) is 18.2 Å². The number of nitrogens with zero attached hydrogens (tertiary/aromatic N) is 3. The summed E-state index contributed by atoms with van der Waals surface area (Å²) >= 11 is 0. The SMILES string of the molecule is O=C(NC1CCN(Cc2ccc(N3CCCCC3)nc2)CC1)c1ccc(F)c(-c2ccc(OC(F)(F)F)cc2)c1. The molecule has 0 aliphatic carbocycles. The first-order chi connectivity index (χ1) is 19.2. The van der Waals surface area contributed by atoms with Crippen molar-refractivity contribution in [3.05, 3.63) is 77.7 Å². The highest BCUT2D eigenvalue weighted by atomic mass is 19.4. The Morgan fingerprint density at radius 2 is 1.68 bits per heavy atom. The van der Waals surface area contributed by atoms with Crippen molar-refractivity contribution in [1.29, 1.82) is 0 Å². The Kier molecular flexibility index (Phi) is 8.54. The minimum Gasteiger partial charge on any atom is -0.406 e. The Hall–Kier alpha value is -3.66. The van der Waals surface area contributed by atoms with Crippen molar-refractivity contribution in [1.82, 2.24) is 15.2 Å². The number of likely N-dealkylation sites (tertiary alicyclic amines) is 1. The number of amides is 1. The zero-order valence-electron chi connectivity index (χ0n) is 22.1. The number of carbonyl (C=O) groups excluding carboxylic acids is 1. The second-order valence-corrected chi connectivity index (χ2v) is 10.4. The van der Waals surface area contributed by atoms with Crippen LogP contribution in [0.15, 0.2) is 60.8 Å². The molecule has 1 N–H and O–H groups in total. The number of benzene rings is 2. The normalized spacial score (nSPS) is 17.1. The number of carbonyl (C=O) groups is 1. The van der Waals surface area contributed by atoms with Gasteiger partial charge in [-0.15, -0.1) is 13.2 Å². The van der Waals surface area contributed by atoms with Gasteiger partial charge in [0.1, 0.15) is 17.4 Å². The molecular weight excluding hydrogens is 524 g/mol. The highest BCUT2D eigenvalue weighted by Crippen LogP contribution is 2.29. The molecular formula is C30H32F4N4O2. The lowest BCUT2D eigenvalue weighted by molar-refractivity contribution is -0.274. The van der Waals surface area contributed by atoms with Crippen LogP contribution >= 0.6 is 0 Å². The van der Waals surface area contributed by atoms with Crippen LogP contribution in [0.1, 0.15) is 48.0 Å². The Labute approximate surface area is 231 Å². The van der Waals surface area contributed by atoms with Crippen LogP contribution in [-0.2, 0) is 6.54 Å². The number of pyridine rings is 1. The van der Waals surface area contributed by atoms with E-state index in [2.05, 4.69) is 37.0 Å². The lowest BCUT2D eigenvalue weighted by Crippen LogP contribution is -2.44. The van der Waals surface area contributed by atoms with E-state index in [1.807, 2.05) is 6.20 Å². The van der Waals surface area contributed by atoms with Crippen molar-refractivity contribution in [3.8, 4) is 16.9 Å². The van der Waals surface area contributed by atoms with Gasteiger partial charge in [0, 0.05) is 56.1 Å². The van der Waals surface area contributed by atoms with Crippen LogP contribution in [0.4, 0.5) is 23.4 Å². The molecule has 0 atom stereocenters. The second-order valence-electron chi connectivity index (χ2n) is 10.4. The molecule has 212 valence electrons. The molecule has 3 heterocycles. The van der Waals surface area contributed by atoms with Gasteiger partial charge < -0.3 is 15.0 Å². The predicted octanol–water partition coefficient (Wildman–Crippen LogP) is 6.17. The average Bonchev–Trinajstić information content (AvgIpc) is 2.95. The number of anilines is 1. The highest BCUT2D eigenvalue weighted by Gasteiger charge is 2.31. The lowest BCUT2D eigenvalue weighted by atomic mass is 10.0. The van der Waals surface area contributed by atoms with Crippen molar-refractivity contribution in [2.24, 2.45) is 0 Å². The first-order valence-electron chi connectivity index (χ1n) is 13.6. The molecule has 2 fully saturated rings. The van der Waals surface area contributed by atoms with Crippen LogP contribution in [0.2, 0.25) is 0 Å². The maximum absolute atomic E-state index is 14.5. The van der Waals surface area contributed by atoms with Crippen molar-refractivity contribution in [3.63, 3.8) is 0 Å². The Morgan fingerprint density at radius 3 is 2.33 bits per heavy atom. The molecule has 1 amide bonds. The van der Waals surface area contributed by atoms with Crippen molar-refractivity contribution in [2.45, 2.75) is 51.1 Å². The molecule has 0 bridgehead atoms. The van der Waals surface area contributed by atoms with Crippen LogP contribution in [0, 0.1) is 5.82 Å². The topological polar surface area (TPSA) is 57.7 Å². The van der Waals surface area contributed by atoms with Gasteiger partial charge in [-0.05, 0) is 79.6 Å². The standard InChI is InChI=1S/C30H32F4N4O2/c31-27-10-7-23(18-26(27)22-5-8-25(9-6-22)40-30(32,33)34)29(39)36-24-12-16-37(17-13-24)20-21-4-11-28(35-19-21)38-14-2-1-3-15-38/h4-11,18-19,24H,1-3,12-17,20H2,(H,36,39). The van der Waals surface area contributed by atoms with E-state index in [9.17, 15) is 22.4 Å². The van der Waals surface area contributed by atoms with Gasteiger partial charge in [0.25, 0.3) is 5.91 Å². The largest absolute Gasteiger partial charge is 0.573 e. The number of halogens is 4. The Morgan fingerprint density at radius 1 is 0.950 bits per heavy atom. The van der Waals surface area contributed by atoms with Crippen LogP contribution in [0.25, 0.3) is 11.1 Å². The molecule has 1 aromatic heterocycles. The van der Waals surface area contributed by atoms with E-state index in [1.165, 1.54) is 55.2 Å². The molecule has 0 radical (unpaired) electrons. The summed E-state index contributed by atoms with van der Waals surface area (Å²) in [7, 11) is 0. The van der Waals surface area contributed by atoms with E-state index >= 15 is 0 Å². The molecule has 0 saturated carbocycles. The number of hydrogen-bond donors (Lipinski definition) is 1. The molecule has 10 heteroatoms. The summed E-state index contributed by atoms with van der Waals surface area (Å²) in [6, 6.07) is 13.1. The van der Waals surface area contributed by atoms with Crippen LogP contribution in [-0.4, -0.2) is 54.4 Å². The first-order valence-corrected chi connectivity index (χ1v) is 13.6. The third-order valence-corrected chi connectivity index (χ3v) is 7.45. The van der Waals surface area contributed by atoms with Crippen molar-refractivity contribution in [2.75, 3.05) is 31.1 Å². The summed E-state index contributed by atoms with van der Waals surface area (Å²) in [5.41, 5.74) is 1.92. The third-order valence-electron chi connectivity index (χ3n) is 7.45. The molecule has 0 unspecified atom stereocenters. The monoisotopic (exact) mass is 556 g/mol. The van der Waals surface area contributed by atoms with Crippen LogP contribution in [0.5, 0.6) is 5.75 Å². The number of aromatic nitrogens is 1. The molecule has 3 aromatic rings. The zero-order valence-corrected chi connectivity index (χ0v) is 22.1. The van der Waals surface area contributed by atoms with E-state index in [0.717, 1.165) is 63.5 Å². The quantitative estimate of drug-likeness (QED) is 0.353. The van der Waals surface area contributed by atoms with Gasteiger partial charge in [-0.2, -0.15) is 0 Å². The Bertz CT molecular complexity index is 1280. The van der Waals surface area contributed by atoms with E-state index in [1.54, 1.807) is 0 Å². The minimum absolute atomic E-state index is 0.00402. The molecule has 2 saturated heterocycles. The van der Waals surface area contributed by atoms with Crippen molar-refractivity contribution < 1.29 is 27.1 Å². The van der Waals surface area contributed by atoms with E-state index < -0.39 is 17.9 Å². The molecule has 40 heavy (non-hydrogen) atoms. The molecule has 2 aromatic carbocycles. The number of rotatable bonds is 7. The zero-order chi connectivity index (χ0) is 28.1. The van der Waals surface area contributed by atoms with Crippen LogP contribution < -0.4 is 15.0 Å². The maximum Gasteiger partial charge on any atom is 0.573 e. The Balaban J connectivity index is 1.13. The summed E-state index contributed by atoms with van der Waals surface area (Å²) in [5.74, 6) is -0.244. The van der Waals surface area contributed by atoms with E-state index in [0.29, 0.717) is 5.56 Å². The summed E-state index contributed by atoms with van der Waals surface area (Å²) in [4.78, 5) is 22.3. The van der Waals surface area contributed by atoms with Gasteiger partial charge >= 0.3 is 6.36 Å². The molecule has 2 aliphatic rings. The second kappa shape index (κ2) is 12.2. The van der Waals surface area contributed by atoms with Gasteiger partial charge in [0.05, 0.1) is 0 Å². The number of ether oxygens (including phenoxy) is 1. The fourth-order valence-electron chi connectivity index (χ4n) is 5.31. The highest BCUT2D eigenvalue weighted by molar-refractivity contribution is 5.95. The van der Waals surface area contributed by atoms with Gasteiger partial charge in [-0.25, -0.2) is 9.37 Å². The summed E-state index contributed by atoms with van der Waals surface area (Å²) in [5, 5.41) is 3.05. The maximum atomic E-state index is 14.5. The molecule has 0 spiro atoms. The van der Waals surface area contributed by atoms with Crippen LogP contribution in [0.3, 0.4) is 0 Å². The number of nitrogens with one attached hydrogen (secondary N) is 1. The summed E-state index contributed by atoms with van der Waals surface area (Å²) in [6.45, 7) is 4.61.